The number of hydrogen-bond donors (Lipinski definition) is 2. The average molecular weight is 182 g/mol. The van der Waals surface area contributed by atoms with Gasteiger partial charge in [-0.15, -0.1) is 0 Å². The Morgan fingerprint density at radius 2 is 2.54 bits per heavy atom. The minimum absolute atomic E-state index is 0.586. The Morgan fingerprint density at radius 1 is 1.62 bits per heavy atom. The molecule has 2 heterocycles. The number of piperidine rings is 1. The van der Waals surface area contributed by atoms with Crippen molar-refractivity contribution in [2.45, 2.75) is 18.9 Å². The van der Waals surface area contributed by atoms with Crippen LogP contribution < -0.4 is 10.6 Å². The molecular weight excluding hydrogens is 164 g/mol. The third-order valence-corrected chi connectivity index (χ3v) is 2.64. The molecule has 0 bridgehead atoms. The first-order chi connectivity index (χ1) is 6.34. The smallest absolute Gasteiger partial charge is 0.191 e. The van der Waals surface area contributed by atoms with Crippen LogP contribution in [0.25, 0.3) is 0 Å². The number of aliphatic imine (C=N–C) groups is 1. The van der Waals surface area contributed by atoms with Crippen molar-refractivity contribution < 1.29 is 0 Å². The van der Waals surface area contributed by atoms with E-state index in [1.54, 1.807) is 0 Å². The van der Waals surface area contributed by atoms with E-state index in [1.807, 2.05) is 0 Å². The Hall–Kier alpha value is -0.770. The maximum Gasteiger partial charge on any atom is 0.191 e. The monoisotopic (exact) mass is 182 g/mol. The molecule has 0 aliphatic carbocycles. The van der Waals surface area contributed by atoms with Gasteiger partial charge in [0.25, 0.3) is 0 Å². The summed E-state index contributed by atoms with van der Waals surface area (Å²) in [6.07, 6.45) is 2.56. The van der Waals surface area contributed by atoms with Gasteiger partial charge >= 0.3 is 0 Å². The predicted molar refractivity (Wildman–Crippen MR) is 54.0 cm³/mol. The van der Waals surface area contributed by atoms with Crippen LogP contribution in [-0.2, 0) is 0 Å². The number of rotatable bonds is 1. The molecule has 4 heteroatoms. The van der Waals surface area contributed by atoms with E-state index in [4.69, 9.17) is 0 Å². The fraction of sp³-hybridized carbons (Fsp3) is 0.889. The number of likely N-dealkylation sites (tertiary alicyclic amines) is 1. The summed E-state index contributed by atoms with van der Waals surface area (Å²) < 4.78 is 0. The van der Waals surface area contributed by atoms with Crippen LogP contribution in [0.3, 0.4) is 0 Å². The Morgan fingerprint density at radius 3 is 3.23 bits per heavy atom. The van der Waals surface area contributed by atoms with Crippen molar-refractivity contribution in [1.29, 1.82) is 0 Å². The number of guanidine groups is 1. The van der Waals surface area contributed by atoms with Crippen molar-refractivity contribution in [1.82, 2.24) is 15.5 Å². The third kappa shape index (κ3) is 2.34. The van der Waals surface area contributed by atoms with Crippen LogP contribution in [0.15, 0.2) is 4.99 Å². The molecule has 0 saturated carbocycles. The lowest BCUT2D eigenvalue weighted by molar-refractivity contribution is 0.240. The Kier molecular flexibility index (Phi) is 2.68. The molecule has 4 nitrogen and oxygen atoms in total. The maximum absolute atomic E-state index is 4.33. The number of nitrogens with zero attached hydrogens (tertiary/aromatic N) is 2. The van der Waals surface area contributed by atoms with Crippen molar-refractivity contribution in [2.75, 3.05) is 33.2 Å². The van der Waals surface area contributed by atoms with Crippen LogP contribution >= 0.6 is 0 Å². The van der Waals surface area contributed by atoms with Crippen molar-refractivity contribution in [3.63, 3.8) is 0 Å². The molecule has 0 radical (unpaired) electrons. The van der Waals surface area contributed by atoms with Gasteiger partial charge in [0.2, 0.25) is 0 Å². The predicted octanol–water partition coefficient (Wildman–Crippen LogP) is -0.371. The van der Waals surface area contributed by atoms with E-state index in [0.717, 1.165) is 25.6 Å². The number of nitrogens with one attached hydrogen (secondary N) is 2. The molecule has 0 spiro atoms. The van der Waals surface area contributed by atoms with Crippen LogP contribution in [0.1, 0.15) is 12.8 Å². The zero-order valence-electron chi connectivity index (χ0n) is 8.21. The first-order valence-electron chi connectivity index (χ1n) is 5.08. The van der Waals surface area contributed by atoms with E-state index in [0.29, 0.717) is 6.04 Å². The molecule has 0 aromatic carbocycles. The molecule has 0 aromatic heterocycles. The summed E-state index contributed by atoms with van der Waals surface area (Å²) in [6.45, 7) is 4.29. The van der Waals surface area contributed by atoms with Crippen molar-refractivity contribution >= 4 is 5.96 Å². The summed E-state index contributed by atoms with van der Waals surface area (Å²) in [5, 5.41) is 6.68. The molecule has 1 atom stereocenters. The standard InChI is InChI=1S/C9H18N4/c1-13-6-2-3-8(7-13)12-9-10-4-5-11-9/h8H,2-7H2,1H3,(H2,10,11,12). The van der Waals surface area contributed by atoms with Gasteiger partial charge in [0.05, 0.1) is 6.54 Å². The molecule has 1 fully saturated rings. The van der Waals surface area contributed by atoms with Gasteiger partial charge in [0.1, 0.15) is 0 Å². The summed E-state index contributed by atoms with van der Waals surface area (Å²) >= 11 is 0. The molecule has 2 aliphatic heterocycles. The normalized spacial score (nSPS) is 29.6. The molecular formula is C9H18N4. The van der Waals surface area contributed by atoms with E-state index in [2.05, 4.69) is 27.6 Å². The van der Waals surface area contributed by atoms with E-state index in [1.165, 1.54) is 19.4 Å². The highest BCUT2D eigenvalue weighted by Crippen LogP contribution is 2.07. The number of hydrogen-bond acceptors (Lipinski definition) is 4. The first kappa shape index (κ1) is 8.81. The van der Waals surface area contributed by atoms with Crippen molar-refractivity contribution in [2.24, 2.45) is 4.99 Å². The van der Waals surface area contributed by atoms with E-state index < -0.39 is 0 Å². The Balaban J connectivity index is 1.80. The van der Waals surface area contributed by atoms with Gasteiger partial charge in [-0.25, -0.2) is 0 Å². The minimum Gasteiger partial charge on any atom is -0.355 e. The topological polar surface area (TPSA) is 39.7 Å². The minimum atomic E-state index is 0.586. The summed E-state index contributed by atoms with van der Waals surface area (Å²) in [6, 6.07) is 0.586. The Bertz CT molecular complexity index is 202. The highest BCUT2D eigenvalue weighted by atomic mass is 15.2. The molecule has 0 aromatic rings. The lowest BCUT2D eigenvalue weighted by Gasteiger charge is -2.30. The van der Waals surface area contributed by atoms with E-state index in [9.17, 15) is 0 Å². The highest BCUT2D eigenvalue weighted by molar-refractivity contribution is 5.81. The lowest BCUT2D eigenvalue weighted by Crippen LogP contribution is -2.49. The molecule has 2 N–H and O–H groups in total. The van der Waals surface area contributed by atoms with Gasteiger partial charge in [-0.2, -0.15) is 0 Å². The van der Waals surface area contributed by atoms with Gasteiger partial charge in [-0.05, 0) is 26.4 Å². The quantitative estimate of drug-likeness (QED) is 0.581. The van der Waals surface area contributed by atoms with Crippen LogP contribution in [0.2, 0.25) is 0 Å². The van der Waals surface area contributed by atoms with Crippen LogP contribution in [0, 0.1) is 0 Å². The summed E-state index contributed by atoms with van der Waals surface area (Å²) in [5.41, 5.74) is 0. The second kappa shape index (κ2) is 3.96. The fourth-order valence-corrected chi connectivity index (χ4v) is 1.97. The molecule has 74 valence electrons. The van der Waals surface area contributed by atoms with E-state index >= 15 is 0 Å². The van der Waals surface area contributed by atoms with Crippen molar-refractivity contribution in [3.05, 3.63) is 0 Å². The van der Waals surface area contributed by atoms with Gasteiger partial charge in [-0.3, -0.25) is 4.99 Å². The third-order valence-electron chi connectivity index (χ3n) is 2.64. The first-order valence-corrected chi connectivity index (χ1v) is 5.08. The molecule has 2 rings (SSSR count). The Labute approximate surface area is 79.4 Å². The van der Waals surface area contributed by atoms with Gasteiger partial charge in [0.15, 0.2) is 5.96 Å². The molecule has 13 heavy (non-hydrogen) atoms. The highest BCUT2D eigenvalue weighted by Gasteiger charge is 2.18. The van der Waals surface area contributed by atoms with Crippen molar-refractivity contribution in [3.8, 4) is 0 Å². The van der Waals surface area contributed by atoms with Gasteiger partial charge in [-0.1, -0.05) is 0 Å². The molecule has 2 aliphatic rings. The summed E-state index contributed by atoms with van der Waals surface area (Å²) in [7, 11) is 2.18. The summed E-state index contributed by atoms with van der Waals surface area (Å²) in [4.78, 5) is 6.70. The second-order valence-electron chi connectivity index (χ2n) is 3.90. The average Bonchev–Trinajstić information content (AvgIpc) is 2.57. The number of likely N-dealkylation sites (N-methyl/N-ethyl adjacent to an activating group) is 1. The molecule has 0 amide bonds. The van der Waals surface area contributed by atoms with Gasteiger partial charge in [0, 0.05) is 19.1 Å². The zero-order valence-corrected chi connectivity index (χ0v) is 8.21. The van der Waals surface area contributed by atoms with E-state index in [-0.39, 0.29) is 0 Å². The summed E-state index contributed by atoms with van der Waals surface area (Å²) in [5.74, 6) is 1.00. The molecule has 1 unspecified atom stereocenters. The maximum atomic E-state index is 4.33. The molecule has 1 saturated heterocycles. The van der Waals surface area contributed by atoms with Crippen LogP contribution in [0.4, 0.5) is 0 Å². The largest absolute Gasteiger partial charge is 0.355 e. The SMILES string of the molecule is CN1CCCC(NC2=NCCN2)C1. The van der Waals surface area contributed by atoms with Crippen LogP contribution in [0.5, 0.6) is 0 Å². The van der Waals surface area contributed by atoms with Crippen LogP contribution in [-0.4, -0.2) is 50.1 Å². The lowest BCUT2D eigenvalue weighted by atomic mass is 10.1. The fourth-order valence-electron chi connectivity index (χ4n) is 1.97. The second-order valence-corrected chi connectivity index (χ2v) is 3.90. The van der Waals surface area contributed by atoms with Gasteiger partial charge < -0.3 is 15.5 Å². The zero-order chi connectivity index (χ0) is 9.10.